The van der Waals surface area contributed by atoms with Crippen molar-refractivity contribution in [2.45, 2.75) is 32.1 Å². The maximum Gasteiger partial charge on any atom is 0.343 e. The van der Waals surface area contributed by atoms with Crippen LogP contribution in [0.25, 0.3) is 5.76 Å². The summed E-state index contributed by atoms with van der Waals surface area (Å²) >= 11 is 0. The van der Waals surface area contributed by atoms with E-state index in [1.165, 1.54) is 6.07 Å². The molecule has 1 atom stereocenters. The Kier molecular flexibility index (Phi) is 2.89. The quantitative estimate of drug-likeness (QED) is 0.650. The molecule has 8 nitrogen and oxygen atoms in total. The Morgan fingerprint density at radius 3 is 2.73 bits per heavy atom. The Balaban J connectivity index is 2.30. The lowest BCUT2D eigenvalue weighted by atomic mass is 9.86. The van der Waals surface area contributed by atoms with E-state index in [-0.39, 0.29) is 42.0 Å². The summed E-state index contributed by atoms with van der Waals surface area (Å²) < 4.78 is 5.95. The topological polar surface area (TPSA) is 126 Å². The first-order valence-corrected chi connectivity index (χ1v) is 6.63. The lowest BCUT2D eigenvalue weighted by Crippen LogP contribution is -2.44. The number of aliphatic hydroxyl groups excluding tert-OH is 1. The summed E-state index contributed by atoms with van der Waals surface area (Å²) in [5.41, 5.74) is -2.76. The molecule has 0 saturated carbocycles. The minimum Gasteiger partial charge on any atom is -0.505 e. The molecule has 0 saturated heterocycles. The third-order valence-corrected chi connectivity index (χ3v) is 4.15. The standard InChI is InChI=1S/C14H13NO7/c1-2-14(21)8-3-9-10(16)6(12(18)19)4-15(9)11(17)7(8)5-22-13(14)20/h3,16,21H,2,4-5H2,1H3,(H,18,19)/t14-/m0/s1. The minimum atomic E-state index is -1.98. The van der Waals surface area contributed by atoms with Crippen molar-refractivity contribution in [3.63, 3.8) is 0 Å². The molecule has 116 valence electrons. The molecule has 2 aliphatic heterocycles. The highest BCUT2D eigenvalue weighted by Crippen LogP contribution is 2.36. The Morgan fingerprint density at radius 2 is 2.14 bits per heavy atom. The van der Waals surface area contributed by atoms with Crippen LogP contribution in [0.1, 0.15) is 30.2 Å². The highest BCUT2D eigenvalue weighted by Gasteiger charge is 2.45. The predicted molar refractivity (Wildman–Crippen MR) is 71.9 cm³/mol. The lowest BCUT2D eigenvalue weighted by molar-refractivity contribution is -0.172. The van der Waals surface area contributed by atoms with Crippen LogP contribution in [0.15, 0.2) is 16.4 Å². The van der Waals surface area contributed by atoms with Gasteiger partial charge in [-0.1, -0.05) is 6.92 Å². The van der Waals surface area contributed by atoms with E-state index in [2.05, 4.69) is 0 Å². The molecule has 0 amide bonds. The summed E-state index contributed by atoms with van der Waals surface area (Å²) in [5, 5.41) is 29.5. The molecule has 0 unspecified atom stereocenters. The van der Waals surface area contributed by atoms with Crippen molar-refractivity contribution >= 4 is 17.7 Å². The third kappa shape index (κ3) is 1.64. The molecule has 0 bridgehead atoms. The van der Waals surface area contributed by atoms with Gasteiger partial charge in [0.25, 0.3) is 5.56 Å². The van der Waals surface area contributed by atoms with Crippen molar-refractivity contribution in [1.29, 1.82) is 0 Å². The van der Waals surface area contributed by atoms with Crippen LogP contribution in [0.5, 0.6) is 0 Å². The average molecular weight is 307 g/mol. The van der Waals surface area contributed by atoms with Gasteiger partial charge in [0.05, 0.1) is 17.8 Å². The van der Waals surface area contributed by atoms with Crippen LogP contribution < -0.4 is 5.56 Å². The second-order valence-corrected chi connectivity index (χ2v) is 5.24. The molecule has 0 fully saturated rings. The molecular formula is C14H13NO7. The number of aromatic nitrogens is 1. The van der Waals surface area contributed by atoms with Crippen molar-refractivity contribution in [1.82, 2.24) is 4.57 Å². The number of aliphatic hydroxyl groups is 2. The van der Waals surface area contributed by atoms with E-state index >= 15 is 0 Å². The number of rotatable bonds is 2. The summed E-state index contributed by atoms with van der Waals surface area (Å²) in [7, 11) is 0. The number of nitrogens with zero attached hydrogens (tertiary/aromatic N) is 1. The number of fused-ring (bicyclic) bond motifs is 2. The van der Waals surface area contributed by atoms with Crippen molar-refractivity contribution in [3.05, 3.63) is 38.8 Å². The monoisotopic (exact) mass is 307 g/mol. The number of pyridine rings is 1. The zero-order valence-corrected chi connectivity index (χ0v) is 11.6. The van der Waals surface area contributed by atoms with Gasteiger partial charge in [0, 0.05) is 5.56 Å². The van der Waals surface area contributed by atoms with Gasteiger partial charge in [-0.2, -0.15) is 0 Å². The van der Waals surface area contributed by atoms with Gasteiger partial charge >= 0.3 is 11.9 Å². The van der Waals surface area contributed by atoms with Crippen molar-refractivity contribution in [3.8, 4) is 0 Å². The molecule has 0 aromatic carbocycles. The summed E-state index contributed by atoms with van der Waals surface area (Å²) in [6, 6.07) is 1.28. The van der Waals surface area contributed by atoms with Crippen molar-refractivity contribution < 1.29 is 29.6 Å². The molecule has 1 aromatic heterocycles. The SMILES string of the molecule is CC[C@@]1(O)C(=O)OCc2c1cc1n(c2=O)CC(C(=O)O)=C1O. The largest absolute Gasteiger partial charge is 0.505 e. The molecule has 8 heteroatoms. The normalized spacial score (nSPS) is 23.1. The second-order valence-electron chi connectivity index (χ2n) is 5.24. The van der Waals surface area contributed by atoms with Crippen LogP contribution in [0.4, 0.5) is 0 Å². The van der Waals surface area contributed by atoms with Crippen LogP contribution in [0.3, 0.4) is 0 Å². The van der Waals surface area contributed by atoms with Gasteiger partial charge < -0.3 is 24.6 Å². The predicted octanol–water partition coefficient (Wildman–Crippen LogP) is -0.130. The number of aliphatic carboxylic acids is 1. The highest BCUT2D eigenvalue weighted by atomic mass is 16.6. The smallest absolute Gasteiger partial charge is 0.343 e. The van der Waals surface area contributed by atoms with Crippen LogP contribution in [0.2, 0.25) is 0 Å². The molecule has 3 heterocycles. The zero-order chi connectivity index (χ0) is 16.2. The summed E-state index contributed by atoms with van der Waals surface area (Å²) in [4.78, 5) is 35.4. The molecule has 3 rings (SSSR count). The summed E-state index contributed by atoms with van der Waals surface area (Å²) in [6.07, 6.45) is -0.0159. The first kappa shape index (κ1) is 14.3. The summed E-state index contributed by atoms with van der Waals surface area (Å²) in [5.74, 6) is -2.74. The van der Waals surface area contributed by atoms with E-state index < -0.39 is 28.9 Å². The number of hydrogen-bond acceptors (Lipinski definition) is 6. The molecule has 22 heavy (non-hydrogen) atoms. The van der Waals surface area contributed by atoms with Gasteiger partial charge in [-0.3, -0.25) is 4.79 Å². The van der Waals surface area contributed by atoms with Crippen LogP contribution in [0, 0.1) is 0 Å². The van der Waals surface area contributed by atoms with Gasteiger partial charge in [-0.25, -0.2) is 9.59 Å². The van der Waals surface area contributed by atoms with Gasteiger partial charge in [-0.15, -0.1) is 0 Å². The zero-order valence-electron chi connectivity index (χ0n) is 11.6. The number of carboxylic acid groups (broad SMARTS) is 1. The Hall–Kier alpha value is -2.61. The maximum atomic E-state index is 12.5. The Bertz CT molecular complexity index is 804. The van der Waals surface area contributed by atoms with Gasteiger partial charge in [0.15, 0.2) is 11.4 Å². The molecule has 2 aliphatic rings. The fourth-order valence-electron chi connectivity index (χ4n) is 2.81. The molecule has 0 spiro atoms. The molecule has 0 aliphatic carbocycles. The summed E-state index contributed by atoms with van der Waals surface area (Å²) in [6.45, 7) is 0.986. The van der Waals surface area contributed by atoms with E-state index in [9.17, 15) is 24.6 Å². The first-order valence-electron chi connectivity index (χ1n) is 6.63. The number of cyclic esters (lactones) is 1. The van der Waals surface area contributed by atoms with Crippen LogP contribution >= 0.6 is 0 Å². The number of hydrogen-bond donors (Lipinski definition) is 3. The van der Waals surface area contributed by atoms with E-state index in [1.54, 1.807) is 6.92 Å². The number of esters is 1. The van der Waals surface area contributed by atoms with Gasteiger partial charge in [-0.05, 0) is 12.5 Å². The Labute approximate surface area is 123 Å². The van der Waals surface area contributed by atoms with Gasteiger partial charge in [0.2, 0.25) is 0 Å². The number of carbonyl (C=O) groups excluding carboxylic acids is 1. The second kappa shape index (κ2) is 4.44. The third-order valence-electron chi connectivity index (χ3n) is 4.15. The first-order chi connectivity index (χ1) is 10.3. The fourth-order valence-corrected chi connectivity index (χ4v) is 2.81. The maximum absolute atomic E-state index is 12.5. The fraction of sp³-hybridized carbons (Fsp3) is 0.357. The highest BCUT2D eigenvalue weighted by molar-refractivity contribution is 5.95. The minimum absolute atomic E-state index is 0.0159. The van der Waals surface area contributed by atoms with Crippen molar-refractivity contribution in [2.75, 3.05) is 0 Å². The van der Waals surface area contributed by atoms with Gasteiger partial charge in [0.1, 0.15) is 12.2 Å². The molecule has 3 N–H and O–H groups in total. The molecular weight excluding hydrogens is 294 g/mol. The number of carboxylic acids is 1. The van der Waals surface area contributed by atoms with E-state index in [1.807, 2.05) is 0 Å². The van der Waals surface area contributed by atoms with E-state index in [0.717, 1.165) is 4.57 Å². The molecule has 0 radical (unpaired) electrons. The average Bonchev–Trinajstić information content (AvgIpc) is 2.82. The number of ether oxygens (including phenoxy) is 1. The van der Waals surface area contributed by atoms with Crippen LogP contribution in [-0.2, 0) is 33.1 Å². The lowest BCUT2D eigenvalue weighted by Gasteiger charge is -2.31. The molecule has 1 aromatic rings. The Morgan fingerprint density at radius 1 is 1.45 bits per heavy atom. The van der Waals surface area contributed by atoms with E-state index in [0.29, 0.717) is 0 Å². The number of carbonyl (C=O) groups is 2. The van der Waals surface area contributed by atoms with Crippen LogP contribution in [-0.4, -0.2) is 31.8 Å². The van der Waals surface area contributed by atoms with Crippen molar-refractivity contribution in [2.24, 2.45) is 0 Å². The van der Waals surface area contributed by atoms with E-state index in [4.69, 9.17) is 9.84 Å².